The second kappa shape index (κ2) is 4.76. The molecule has 0 fully saturated rings. The van der Waals surface area contributed by atoms with Crippen LogP contribution in [0.2, 0.25) is 0 Å². The fraction of sp³-hybridized carbons (Fsp3) is 0.222. The van der Waals surface area contributed by atoms with Crippen molar-refractivity contribution in [1.82, 2.24) is 0 Å². The van der Waals surface area contributed by atoms with E-state index >= 15 is 0 Å². The highest BCUT2D eigenvalue weighted by molar-refractivity contribution is 7.75. The van der Waals surface area contributed by atoms with Crippen LogP contribution in [0.1, 0.15) is 5.56 Å². The summed E-state index contributed by atoms with van der Waals surface area (Å²) in [5.41, 5.74) is 0.808. The lowest BCUT2D eigenvalue weighted by atomic mass is 10.2. The highest BCUT2D eigenvalue weighted by Crippen LogP contribution is 2.08. The Morgan fingerprint density at radius 2 is 2.43 bits per heavy atom. The first kappa shape index (κ1) is 10.7. The van der Waals surface area contributed by atoms with Crippen LogP contribution >= 0.6 is 0 Å². The number of aryl methyl sites for hydroxylation is 1. The van der Waals surface area contributed by atoms with Crippen molar-refractivity contribution in [1.29, 1.82) is 0 Å². The fourth-order valence-corrected chi connectivity index (χ4v) is 1.87. The normalized spacial score (nSPS) is 12.6. The Bertz CT molecular complexity index is 422. The van der Waals surface area contributed by atoms with Gasteiger partial charge >= 0.3 is 5.97 Å². The van der Waals surface area contributed by atoms with Gasteiger partial charge in [-0.1, -0.05) is 18.2 Å². The Labute approximate surface area is 83.8 Å². The van der Waals surface area contributed by atoms with Crippen LogP contribution < -0.4 is 0 Å². The van der Waals surface area contributed by atoms with Gasteiger partial charge in [0.1, 0.15) is 6.54 Å². The molecule has 1 aromatic rings. The Morgan fingerprint density at radius 3 is 3.00 bits per heavy atom. The molecule has 4 nitrogen and oxygen atoms in total. The quantitative estimate of drug-likeness (QED) is 0.732. The molecule has 0 amide bonds. The maximum absolute atomic E-state index is 11.5. The molecule has 0 aliphatic rings. The van der Waals surface area contributed by atoms with Crippen molar-refractivity contribution in [2.24, 2.45) is 4.36 Å². The third-order valence-corrected chi connectivity index (χ3v) is 2.82. The minimum Gasteiger partial charge on any atom is -0.480 e. The molecule has 0 spiro atoms. The molecule has 0 saturated carbocycles. The van der Waals surface area contributed by atoms with Gasteiger partial charge in [-0.15, -0.1) is 0 Å². The first-order chi connectivity index (χ1) is 6.61. The first-order valence-corrected chi connectivity index (χ1v) is 5.16. The van der Waals surface area contributed by atoms with Crippen LogP contribution in [0, 0.1) is 13.0 Å². The molecule has 1 N–H and O–H groups in total. The molecule has 0 aliphatic heterocycles. The van der Waals surface area contributed by atoms with E-state index in [1.807, 2.05) is 0 Å². The van der Waals surface area contributed by atoms with Gasteiger partial charge in [-0.05, 0) is 18.6 Å². The van der Waals surface area contributed by atoms with Crippen LogP contribution in [0.4, 0.5) is 0 Å². The van der Waals surface area contributed by atoms with Gasteiger partial charge in [-0.25, -0.2) is 8.57 Å². The van der Waals surface area contributed by atoms with Gasteiger partial charge in [0.05, 0.1) is 15.5 Å². The van der Waals surface area contributed by atoms with E-state index < -0.39 is 23.1 Å². The molecule has 0 aromatic heterocycles. The van der Waals surface area contributed by atoms with E-state index in [4.69, 9.17) is 5.11 Å². The average Bonchev–Trinajstić information content (AvgIpc) is 2.15. The minimum atomic E-state index is -1.99. The molecule has 1 aromatic carbocycles. The highest BCUT2D eigenvalue weighted by atomic mass is 32.2. The number of carboxylic acids is 1. The molecule has 1 radical (unpaired) electrons. The standard InChI is InChI=1S/C9H10NO3S/c1-7-4-2-3-5-8(7)14(13)10-6-9(11)12/h2-4,14H,6H2,1H3,(H,11,12). The topological polar surface area (TPSA) is 66.7 Å². The summed E-state index contributed by atoms with van der Waals surface area (Å²) >= 11 is 0. The van der Waals surface area contributed by atoms with Gasteiger partial charge in [0.2, 0.25) is 0 Å². The number of carbonyl (C=O) groups is 1. The molecule has 14 heavy (non-hydrogen) atoms. The molecule has 1 unspecified atom stereocenters. The van der Waals surface area contributed by atoms with Crippen LogP contribution in [-0.4, -0.2) is 21.8 Å². The van der Waals surface area contributed by atoms with Crippen molar-refractivity contribution in [3.8, 4) is 0 Å². The second-order valence-corrected chi connectivity index (χ2v) is 3.94. The number of carboxylic acid groups (broad SMARTS) is 1. The SMILES string of the molecule is Cc1ccc[c]c1/[SH](=O)=N/CC(=O)O. The van der Waals surface area contributed by atoms with E-state index in [1.165, 1.54) is 0 Å². The lowest BCUT2D eigenvalue weighted by Gasteiger charge is -1.97. The monoisotopic (exact) mass is 212 g/mol. The predicted molar refractivity (Wildman–Crippen MR) is 52.7 cm³/mol. The van der Waals surface area contributed by atoms with Crippen molar-refractivity contribution in [3.63, 3.8) is 0 Å². The fourth-order valence-electron chi connectivity index (χ4n) is 0.914. The lowest BCUT2D eigenvalue weighted by molar-refractivity contribution is -0.135. The summed E-state index contributed by atoms with van der Waals surface area (Å²) in [7, 11) is -1.99. The van der Waals surface area contributed by atoms with Gasteiger partial charge < -0.3 is 5.11 Å². The molecule has 5 heteroatoms. The van der Waals surface area contributed by atoms with E-state index in [-0.39, 0.29) is 0 Å². The van der Waals surface area contributed by atoms with Crippen molar-refractivity contribution >= 4 is 16.6 Å². The van der Waals surface area contributed by atoms with Crippen molar-refractivity contribution in [3.05, 3.63) is 29.8 Å². The van der Waals surface area contributed by atoms with Gasteiger partial charge in [0, 0.05) is 0 Å². The Hall–Kier alpha value is -1.36. The van der Waals surface area contributed by atoms with Crippen molar-refractivity contribution in [2.45, 2.75) is 11.8 Å². The average molecular weight is 212 g/mol. The zero-order valence-corrected chi connectivity index (χ0v) is 8.49. The highest BCUT2D eigenvalue weighted by Gasteiger charge is 1.99. The zero-order chi connectivity index (χ0) is 10.6. The molecule has 0 aliphatic carbocycles. The number of thiol groups is 1. The van der Waals surface area contributed by atoms with Gasteiger partial charge in [0.25, 0.3) is 0 Å². The van der Waals surface area contributed by atoms with Crippen LogP contribution in [0.15, 0.2) is 27.5 Å². The number of nitrogens with zero attached hydrogens (tertiary/aromatic N) is 1. The molecule has 1 atom stereocenters. The molecular formula is C9H10NO3S. The molecular weight excluding hydrogens is 202 g/mol. The van der Waals surface area contributed by atoms with Gasteiger partial charge in [0.15, 0.2) is 0 Å². The van der Waals surface area contributed by atoms with E-state index in [1.54, 1.807) is 25.1 Å². The zero-order valence-electron chi connectivity index (χ0n) is 7.60. The summed E-state index contributed by atoms with van der Waals surface area (Å²) in [6.45, 7) is 1.35. The maximum atomic E-state index is 11.5. The summed E-state index contributed by atoms with van der Waals surface area (Å²) in [6, 6.07) is 7.98. The van der Waals surface area contributed by atoms with Crippen LogP contribution in [0.25, 0.3) is 0 Å². The Kier molecular flexibility index (Phi) is 3.64. The van der Waals surface area contributed by atoms with Gasteiger partial charge in [-0.3, -0.25) is 4.79 Å². The summed E-state index contributed by atoms with van der Waals surface area (Å²) in [4.78, 5) is 10.7. The number of hydrogen-bond acceptors (Lipinski definition) is 3. The lowest BCUT2D eigenvalue weighted by Crippen LogP contribution is -1.99. The minimum absolute atomic E-state index is 0.433. The summed E-state index contributed by atoms with van der Waals surface area (Å²) in [5, 5.41) is 8.35. The summed E-state index contributed by atoms with van der Waals surface area (Å²) in [5.74, 6) is -1.08. The molecule has 75 valence electrons. The van der Waals surface area contributed by atoms with Crippen LogP contribution in [-0.2, 0) is 15.4 Å². The smallest absolute Gasteiger partial charge is 0.326 e. The predicted octanol–water partition coefficient (Wildman–Crippen LogP) is 0.903. The van der Waals surface area contributed by atoms with Crippen molar-refractivity contribution in [2.75, 3.05) is 6.54 Å². The molecule has 0 heterocycles. The van der Waals surface area contributed by atoms with Crippen molar-refractivity contribution < 1.29 is 14.1 Å². The third-order valence-electron chi connectivity index (χ3n) is 1.56. The van der Waals surface area contributed by atoms with E-state index in [0.29, 0.717) is 4.90 Å². The number of aliphatic carboxylic acids is 1. The molecule has 1 rings (SSSR count). The van der Waals surface area contributed by atoms with E-state index in [2.05, 4.69) is 10.4 Å². The number of hydrogen-bond donors (Lipinski definition) is 2. The number of benzene rings is 1. The summed E-state index contributed by atoms with van der Waals surface area (Å²) in [6.07, 6.45) is 0. The largest absolute Gasteiger partial charge is 0.480 e. The third kappa shape index (κ3) is 2.85. The van der Waals surface area contributed by atoms with Gasteiger partial charge in [-0.2, -0.15) is 0 Å². The van der Waals surface area contributed by atoms with Crippen LogP contribution in [0.5, 0.6) is 0 Å². The first-order valence-electron chi connectivity index (χ1n) is 3.95. The maximum Gasteiger partial charge on any atom is 0.326 e. The second-order valence-electron chi connectivity index (χ2n) is 2.67. The van der Waals surface area contributed by atoms with E-state index in [9.17, 15) is 9.00 Å². The Morgan fingerprint density at radius 1 is 1.71 bits per heavy atom. The molecule has 0 saturated heterocycles. The molecule has 0 bridgehead atoms. The Balaban J connectivity index is 2.95. The van der Waals surface area contributed by atoms with Crippen LogP contribution in [0.3, 0.4) is 0 Å². The number of rotatable bonds is 3. The summed E-state index contributed by atoms with van der Waals surface area (Å²) < 4.78 is 15.0. The van der Waals surface area contributed by atoms with E-state index in [0.717, 1.165) is 5.56 Å².